The molecule has 0 unspecified atom stereocenters. The lowest BCUT2D eigenvalue weighted by molar-refractivity contribution is -0.121. The Morgan fingerprint density at radius 1 is 1.08 bits per heavy atom. The second-order valence-corrected chi connectivity index (χ2v) is 7.49. The van der Waals surface area contributed by atoms with Crippen LogP contribution in [0, 0.1) is 6.92 Å². The van der Waals surface area contributed by atoms with Crippen molar-refractivity contribution in [2.24, 2.45) is 0 Å². The first-order valence-corrected chi connectivity index (χ1v) is 9.69. The number of carbonyl (C=O) groups is 1. The number of para-hydroxylation sites is 1. The Hall–Kier alpha value is -2.20. The predicted molar refractivity (Wildman–Crippen MR) is 105 cm³/mol. The van der Waals surface area contributed by atoms with E-state index in [1.165, 1.54) is 20.8 Å². The van der Waals surface area contributed by atoms with Gasteiger partial charge in [-0.15, -0.1) is 11.3 Å². The number of nitrogens with zero attached hydrogens (tertiary/aromatic N) is 1. The molecule has 25 heavy (non-hydrogen) atoms. The normalized spacial score (nSPS) is 10.9. The van der Waals surface area contributed by atoms with Gasteiger partial charge in [0.15, 0.2) is 0 Å². The molecule has 2 aromatic carbocycles. The van der Waals surface area contributed by atoms with Gasteiger partial charge in [0.1, 0.15) is 0 Å². The highest BCUT2D eigenvalue weighted by molar-refractivity contribution is 7.18. The van der Waals surface area contributed by atoms with E-state index < -0.39 is 0 Å². The summed E-state index contributed by atoms with van der Waals surface area (Å²) in [4.78, 5) is 16.6. The van der Waals surface area contributed by atoms with Gasteiger partial charge < -0.3 is 5.32 Å². The zero-order valence-electron chi connectivity index (χ0n) is 14.6. The van der Waals surface area contributed by atoms with Crippen molar-refractivity contribution in [3.63, 3.8) is 0 Å². The van der Waals surface area contributed by atoms with Crippen molar-refractivity contribution in [2.75, 3.05) is 6.54 Å². The lowest BCUT2D eigenvalue weighted by Gasteiger charge is -2.06. The Bertz CT molecular complexity index is 808. The molecule has 0 aliphatic rings. The fraction of sp³-hybridized carbons (Fsp3) is 0.333. The van der Waals surface area contributed by atoms with E-state index in [1.54, 1.807) is 11.3 Å². The molecule has 130 valence electrons. The number of unbranched alkanes of at least 4 members (excludes halogenated alkanes) is 1. The van der Waals surface area contributed by atoms with Crippen LogP contribution in [-0.4, -0.2) is 17.4 Å². The highest BCUT2D eigenvalue weighted by Gasteiger charge is 2.05. The first kappa shape index (κ1) is 17.6. The van der Waals surface area contributed by atoms with Crippen LogP contribution in [-0.2, 0) is 17.6 Å². The first-order chi connectivity index (χ1) is 12.2. The Kier molecular flexibility index (Phi) is 6.18. The maximum atomic E-state index is 11.9. The highest BCUT2D eigenvalue weighted by Crippen LogP contribution is 2.22. The maximum Gasteiger partial charge on any atom is 0.220 e. The summed E-state index contributed by atoms with van der Waals surface area (Å²) in [7, 11) is 0. The third-order valence-corrected chi connectivity index (χ3v) is 5.30. The molecule has 0 aliphatic heterocycles. The number of hydrogen-bond acceptors (Lipinski definition) is 3. The summed E-state index contributed by atoms with van der Waals surface area (Å²) < 4.78 is 1.24. The fourth-order valence-corrected chi connectivity index (χ4v) is 3.90. The van der Waals surface area contributed by atoms with Crippen molar-refractivity contribution in [1.82, 2.24) is 10.3 Å². The molecule has 0 bridgehead atoms. The molecule has 0 aliphatic carbocycles. The molecule has 1 aromatic heterocycles. The number of aromatic nitrogens is 1. The number of carbonyl (C=O) groups excluding carboxylic acids is 1. The average molecular weight is 353 g/mol. The smallest absolute Gasteiger partial charge is 0.220 e. The number of benzene rings is 2. The van der Waals surface area contributed by atoms with Crippen LogP contribution >= 0.6 is 11.3 Å². The van der Waals surface area contributed by atoms with Crippen LogP contribution in [0.2, 0.25) is 0 Å². The lowest BCUT2D eigenvalue weighted by atomic mass is 10.1. The minimum Gasteiger partial charge on any atom is -0.356 e. The number of amides is 1. The molecule has 0 saturated carbocycles. The molecule has 1 amide bonds. The second-order valence-electron chi connectivity index (χ2n) is 6.37. The van der Waals surface area contributed by atoms with Crippen LogP contribution in [0.25, 0.3) is 10.2 Å². The number of fused-ring (bicyclic) bond motifs is 1. The Labute approximate surface area is 153 Å². The zero-order valence-corrected chi connectivity index (χ0v) is 15.4. The van der Waals surface area contributed by atoms with Gasteiger partial charge in [-0.25, -0.2) is 4.98 Å². The molecular weight excluding hydrogens is 328 g/mol. The molecule has 0 atom stereocenters. The third-order valence-electron chi connectivity index (χ3n) is 4.20. The van der Waals surface area contributed by atoms with Crippen LogP contribution in [0.4, 0.5) is 0 Å². The Morgan fingerprint density at radius 3 is 2.80 bits per heavy atom. The van der Waals surface area contributed by atoms with Gasteiger partial charge in [0.25, 0.3) is 0 Å². The van der Waals surface area contributed by atoms with Gasteiger partial charge in [-0.05, 0) is 50.3 Å². The molecule has 0 radical (unpaired) electrons. The summed E-state index contributed by atoms with van der Waals surface area (Å²) in [6.07, 6.45) is 4.35. The number of aryl methyl sites for hydroxylation is 2. The summed E-state index contributed by atoms with van der Waals surface area (Å²) in [6.45, 7) is 2.80. The van der Waals surface area contributed by atoms with Gasteiger partial charge in [-0.2, -0.15) is 0 Å². The van der Waals surface area contributed by atoms with Crippen LogP contribution in [0.1, 0.15) is 35.4 Å². The summed E-state index contributed by atoms with van der Waals surface area (Å²) in [5.74, 6) is 0.150. The molecule has 3 aromatic rings. The number of hydrogen-bond donors (Lipinski definition) is 1. The van der Waals surface area contributed by atoms with Gasteiger partial charge in [-0.3, -0.25) is 4.79 Å². The molecule has 0 spiro atoms. The molecule has 4 heteroatoms. The Morgan fingerprint density at radius 2 is 1.96 bits per heavy atom. The molecule has 1 N–H and O–H groups in total. The molecule has 3 rings (SSSR count). The second kappa shape index (κ2) is 8.77. The molecule has 0 fully saturated rings. The van der Waals surface area contributed by atoms with Crippen molar-refractivity contribution in [1.29, 1.82) is 0 Å². The Balaban J connectivity index is 1.32. The van der Waals surface area contributed by atoms with Crippen LogP contribution < -0.4 is 5.32 Å². The molecule has 1 heterocycles. The number of rotatable bonds is 8. The van der Waals surface area contributed by atoms with Gasteiger partial charge in [0, 0.05) is 13.0 Å². The molecule has 0 saturated heterocycles. The van der Waals surface area contributed by atoms with Crippen molar-refractivity contribution in [3.8, 4) is 0 Å². The van der Waals surface area contributed by atoms with Crippen molar-refractivity contribution in [2.45, 2.75) is 39.0 Å². The minimum atomic E-state index is 0.150. The van der Waals surface area contributed by atoms with Gasteiger partial charge >= 0.3 is 0 Å². The standard InChI is InChI=1S/C21H24N2OS/c1-16-7-6-8-17(15-16)13-14-22-20(24)11-4-5-12-21-23-18-9-2-3-10-19(18)25-21/h2-3,6-10,15H,4-5,11-14H2,1H3,(H,22,24). The van der Waals surface area contributed by atoms with Crippen LogP contribution in [0.5, 0.6) is 0 Å². The van der Waals surface area contributed by atoms with Gasteiger partial charge in [0.05, 0.1) is 15.2 Å². The SMILES string of the molecule is Cc1cccc(CCNC(=O)CCCCc2nc3ccccc3s2)c1. The van der Waals surface area contributed by atoms with Crippen molar-refractivity contribution < 1.29 is 4.79 Å². The van der Waals surface area contributed by atoms with E-state index in [0.29, 0.717) is 13.0 Å². The number of nitrogens with one attached hydrogen (secondary N) is 1. The van der Waals surface area contributed by atoms with Crippen molar-refractivity contribution in [3.05, 3.63) is 64.7 Å². The van der Waals surface area contributed by atoms with E-state index in [4.69, 9.17) is 0 Å². The van der Waals surface area contributed by atoms with Gasteiger partial charge in [0.2, 0.25) is 5.91 Å². The summed E-state index contributed by atoms with van der Waals surface area (Å²) in [5, 5.41) is 4.19. The van der Waals surface area contributed by atoms with E-state index in [9.17, 15) is 4.79 Å². The first-order valence-electron chi connectivity index (χ1n) is 8.87. The molecular formula is C21H24N2OS. The van der Waals surface area contributed by atoms with E-state index in [1.807, 2.05) is 12.1 Å². The maximum absolute atomic E-state index is 11.9. The molecule has 3 nitrogen and oxygen atoms in total. The quantitative estimate of drug-likeness (QED) is 0.598. The third kappa shape index (κ3) is 5.40. The monoisotopic (exact) mass is 352 g/mol. The van der Waals surface area contributed by atoms with E-state index in [0.717, 1.165) is 31.2 Å². The van der Waals surface area contributed by atoms with E-state index >= 15 is 0 Å². The largest absolute Gasteiger partial charge is 0.356 e. The topological polar surface area (TPSA) is 42.0 Å². The fourth-order valence-electron chi connectivity index (χ4n) is 2.89. The van der Waals surface area contributed by atoms with Crippen LogP contribution in [0.15, 0.2) is 48.5 Å². The van der Waals surface area contributed by atoms with E-state index in [-0.39, 0.29) is 5.91 Å². The van der Waals surface area contributed by atoms with E-state index in [2.05, 4.69) is 53.6 Å². The summed E-state index contributed by atoms with van der Waals surface area (Å²) in [5.41, 5.74) is 3.62. The highest BCUT2D eigenvalue weighted by atomic mass is 32.1. The van der Waals surface area contributed by atoms with Crippen LogP contribution in [0.3, 0.4) is 0 Å². The average Bonchev–Trinajstić information content (AvgIpc) is 3.02. The summed E-state index contributed by atoms with van der Waals surface area (Å²) in [6, 6.07) is 16.7. The zero-order chi connectivity index (χ0) is 17.5. The van der Waals surface area contributed by atoms with Crippen molar-refractivity contribution >= 4 is 27.5 Å². The summed E-state index contributed by atoms with van der Waals surface area (Å²) >= 11 is 1.76. The minimum absolute atomic E-state index is 0.150. The van der Waals surface area contributed by atoms with Gasteiger partial charge in [-0.1, -0.05) is 42.0 Å². The lowest BCUT2D eigenvalue weighted by Crippen LogP contribution is -2.25. The number of thiazole rings is 1. The predicted octanol–water partition coefficient (Wildman–Crippen LogP) is 4.68.